The molecule has 0 radical (unpaired) electrons. The van der Waals surface area contributed by atoms with Gasteiger partial charge in [-0.1, -0.05) is 23.8 Å². The highest BCUT2D eigenvalue weighted by atomic mass is 32.2. The molecule has 1 fully saturated rings. The normalized spacial score (nSPS) is 17.0. The van der Waals surface area contributed by atoms with Crippen molar-refractivity contribution in [2.24, 2.45) is 0 Å². The third kappa shape index (κ3) is 4.40. The lowest BCUT2D eigenvalue weighted by Crippen LogP contribution is -2.38. The van der Waals surface area contributed by atoms with Gasteiger partial charge in [0.1, 0.15) is 5.82 Å². The van der Waals surface area contributed by atoms with Crippen LogP contribution in [0.2, 0.25) is 0 Å². The van der Waals surface area contributed by atoms with Gasteiger partial charge in [-0.15, -0.1) is 0 Å². The number of nitrogens with one attached hydrogen (secondary N) is 1. The Morgan fingerprint density at radius 1 is 1.07 bits per heavy atom. The molecule has 1 heterocycles. The fraction of sp³-hybridized carbons (Fsp3) is 0.350. The Balaban J connectivity index is 1.69. The Morgan fingerprint density at radius 3 is 2.36 bits per heavy atom. The fourth-order valence-corrected chi connectivity index (χ4v) is 5.02. The Hall–Kier alpha value is -2.29. The van der Waals surface area contributed by atoms with Gasteiger partial charge in [0.25, 0.3) is 10.2 Å². The van der Waals surface area contributed by atoms with Gasteiger partial charge in [-0.25, -0.2) is 4.39 Å². The monoisotopic (exact) mass is 405 g/mol. The highest BCUT2D eigenvalue weighted by molar-refractivity contribution is 7.87. The molecule has 0 unspecified atom stereocenters. The Bertz CT molecular complexity index is 985. The van der Waals surface area contributed by atoms with Crippen molar-refractivity contribution in [3.05, 3.63) is 64.5 Å². The van der Waals surface area contributed by atoms with Gasteiger partial charge in [-0.05, 0) is 55.7 Å². The first-order valence-electron chi connectivity index (χ1n) is 9.04. The number of nitrogens with zero attached hydrogens (tertiary/aromatic N) is 2. The smallest absolute Gasteiger partial charge is 0.282 e. The number of carbonyl (C=O) groups is 1. The van der Waals surface area contributed by atoms with Crippen LogP contribution in [0, 0.1) is 26.6 Å². The van der Waals surface area contributed by atoms with Crippen molar-refractivity contribution in [1.82, 2.24) is 8.61 Å². The van der Waals surface area contributed by atoms with Crippen LogP contribution in [0.5, 0.6) is 0 Å². The molecule has 3 rings (SSSR count). The molecule has 1 N–H and O–H groups in total. The molecule has 28 heavy (non-hydrogen) atoms. The summed E-state index contributed by atoms with van der Waals surface area (Å²) >= 11 is 0. The quantitative estimate of drug-likeness (QED) is 0.832. The zero-order chi connectivity index (χ0) is 20.5. The number of hydrogen-bond acceptors (Lipinski definition) is 3. The van der Waals surface area contributed by atoms with Crippen LogP contribution in [-0.4, -0.2) is 42.6 Å². The number of benzene rings is 2. The van der Waals surface area contributed by atoms with Crippen molar-refractivity contribution >= 4 is 21.8 Å². The Labute approximate surface area is 165 Å². The second kappa shape index (κ2) is 7.98. The van der Waals surface area contributed by atoms with E-state index in [2.05, 4.69) is 5.32 Å². The minimum Gasteiger partial charge on any atom is -0.325 e. The maximum atomic E-state index is 13.2. The maximum absolute atomic E-state index is 13.2. The van der Waals surface area contributed by atoms with Crippen molar-refractivity contribution in [2.75, 3.05) is 25.0 Å². The van der Waals surface area contributed by atoms with E-state index in [0.717, 1.165) is 26.6 Å². The summed E-state index contributed by atoms with van der Waals surface area (Å²) in [6.45, 7) is 6.49. The highest BCUT2D eigenvalue weighted by Gasteiger charge is 2.37. The lowest BCUT2D eigenvalue weighted by atomic mass is 10.00. The molecule has 0 bridgehead atoms. The molecule has 2 aromatic carbocycles. The van der Waals surface area contributed by atoms with Crippen molar-refractivity contribution in [1.29, 1.82) is 0 Å². The van der Waals surface area contributed by atoms with E-state index in [1.807, 2.05) is 32.9 Å². The van der Waals surface area contributed by atoms with E-state index in [4.69, 9.17) is 0 Å². The first-order valence-corrected chi connectivity index (χ1v) is 10.4. The molecule has 0 atom stereocenters. The zero-order valence-electron chi connectivity index (χ0n) is 16.2. The molecule has 1 amide bonds. The first-order chi connectivity index (χ1) is 13.2. The molecule has 0 aliphatic carbocycles. The zero-order valence-corrected chi connectivity index (χ0v) is 17.0. The van der Waals surface area contributed by atoms with Gasteiger partial charge in [0.05, 0.1) is 6.54 Å². The Morgan fingerprint density at radius 2 is 1.71 bits per heavy atom. The molecule has 2 aromatic rings. The highest BCUT2D eigenvalue weighted by Crippen LogP contribution is 2.24. The van der Waals surface area contributed by atoms with Crippen LogP contribution in [0.25, 0.3) is 0 Å². The van der Waals surface area contributed by atoms with Gasteiger partial charge < -0.3 is 5.32 Å². The summed E-state index contributed by atoms with van der Waals surface area (Å²) in [6.07, 6.45) is 0. The van der Waals surface area contributed by atoms with E-state index >= 15 is 0 Å². The van der Waals surface area contributed by atoms with Crippen molar-refractivity contribution < 1.29 is 17.6 Å². The molecular formula is C20H24FN3O3S. The molecule has 1 saturated heterocycles. The molecule has 150 valence electrons. The van der Waals surface area contributed by atoms with Crippen molar-refractivity contribution in [3.8, 4) is 0 Å². The molecule has 8 heteroatoms. The van der Waals surface area contributed by atoms with E-state index in [-0.39, 0.29) is 19.6 Å². The lowest BCUT2D eigenvalue weighted by Gasteiger charge is -2.20. The molecule has 6 nitrogen and oxygen atoms in total. The minimum absolute atomic E-state index is 0.239. The van der Waals surface area contributed by atoms with Gasteiger partial charge in [0.15, 0.2) is 0 Å². The van der Waals surface area contributed by atoms with E-state index in [9.17, 15) is 17.6 Å². The van der Waals surface area contributed by atoms with Crippen LogP contribution < -0.4 is 5.32 Å². The number of aryl methyl sites for hydroxylation is 3. The maximum Gasteiger partial charge on any atom is 0.282 e. The summed E-state index contributed by atoms with van der Waals surface area (Å²) < 4.78 is 41.5. The van der Waals surface area contributed by atoms with Crippen molar-refractivity contribution in [3.63, 3.8) is 0 Å². The SMILES string of the molecule is Cc1cc(C)c(CN2CCN(CC(=O)Nc3cccc(F)c3)S2(=O)=O)c(C)c1. The number of rotatable bonds is 5. The Kier molecular flexibility index (Phi) is 5.83. The molecule has 0 spiro atoms. The average Bonchev–Trinajstić information content (AvgIpc) is 2.85. The lowest BCUT2D eigenvalue weighted by molar-refractivity contribution is -0.116. The first kappa shape index (κ1) is 20.4. The number of amides is 1. The summed E-state index contributed by atoms with van der Waals surface area (Å²) in [5.74, 6) is -0.972. The predicted molar refractivity (Wildman–Crippen MR) is 107 cm³/mol. The van der Waals surface area contributed by atoms with Crippen molar-refractivity contribution in [2.45, 2.75) is 27.3 Å². The summed E-state index contributed by atoms with van der Waals surface area (Å²) in [6, 6.07) is 9.56. The largest absolute Gasteiger partial charge is 0.325 e. The summed E-state index contributed by atoms with van der Waals surface area (Å²) in [4.78, 5) is 12.2. The van der Waals surface area contributed by atoms with Gasteiger partial charge in [-0.2, -0.15) is 17.0 Å². The van der Waals surface area contributed by atoms with Crippen LogP contribution in [0.15, 0.2) is 36.4 Å². The van der Waals surface area contributed by atoms with Crippen LogP contribution in [0.3, 0.4) is 0 Å². The van der Waals surface area contributed by atoms with Crippen LogP contribution in [0.4, 0.5) is 10.1 Å². The molecule has 1 aliphatic rings. The second-order valence-electron chi connectivity index (χ2n) is 7.11. The third-order valence-electron chi connectivity index (χ3n) is 4.85. The van der Waals surface area contributed by atoms with Gasteiger partial charge >= 0.3 is 0 Å². The fourth-order valence-electron chi connectivity index (χ4n) is 3.50. The van der Waals surface area contributed by atoms with Crippen LogP contribution in [-0.2, 0) is 21.5 Å². The van der Waals surface area contributed by atoms with Crippen LogP contribution in [0.1, 0.15) is 22.3 Å². The topological polar surface area (TPSA) is 69.7 Å². The van der Waals surface area contributed by atoms with Crippen LogP contribution >= 0.6 is 0 Å². The second-order valence-corrected chi connectivity index (χ2v) is 9.04. The van der Waals surface area contributed by atoms with Gasteiger partial charge in [-0.3, -0.25) is 4.79 Å². The molecular weight excluding hydrogens is 381 g/mol. The number of hydrogen-bond donors (Lipinski definition) is 1. The third-order valence-corrected chi connectivity index (χ3v) is 6.78. The number of anilines is 1. The average molecular weight is 405 g/mol. The minimum atomic E-state index is -3.73. The molecule has 0 saturated carbocycles. The summed E-state index contributed by atoms with van der Waals surface area (Å²) in [7, 11) is -3.73. The summed E-state index contributed by atoms with van der Waals surface area (Å²) in [5, 5.41) is 2.53. The molecule has 0 aromatic heterocycles. The number of carbonyl (C=O) groups excluding carboxylic acids is 1. The van der Waals surface area contributed by atoms with E-state index in [0.29, 0.717) is 12.2 Å². The predicted octanol–water partition coefficient (Wildman–Crippen LogP) is 2.75. The standard InChI is InChI=1S/C20H24FN3O3S/c1-14-9-15(2)19(16(3)10-14)12-23-7-8-24(28(23,26)27)13-20(25)22-18-6-4-5-17(21)11-18/h4-6,9-11H,7-8,12-13H2,1-3H3,(H,22,25). The summed E-state index contributed by atoms with van der Waals surface area (Å²) in [5.41, 5.74) is 4.52. The van der Waals surface area contributed by atoms with Gasteiger partial charge in [0.2, 0.25) is 5.91 Å². The van der Waals surface area contributed by atoms with E-state index < -0.39 is 21.9 Å². The number of halogens is 1. The van der Waals surface area contributed by atoms with Gasteiger partial charge in [0, 0.05) is 25.3 Å². The van der Waals surface area contributed by atoms with E-state index in [1.54, 1.807) is 6.07 Å². The van der Waals surface area contributed by atoms with E-state index in [1.165, 1.54) is 22.5 Å². The molecule has 1 aliphatic heterocycles.